The molecule has 2 amide bonds. The lowest BCUT2D eigenvalue weighted by molar-refractivity contribution is -0.137. The average molecular weight is 250 g/mol. The largest absolute Gasteiger partial charge is 0.383 e. The second-order valence-electron chi connectivity index (χ2n) is 4.67. The van der Waals surface area contributed by atoms with Gasteiger partial charge in [-0.15, -0.1) is 0 Å². The lowest BCUT2D eigenvalue weighted by Gasteiger charge is -2.30. The first-order valence-electron chi connectivity index (χ1n) is 5.56. The molecule has 0 aliphatic carbocycles. The van der Waals surface area contributed by atoms with Crippen molar-refractivity contribution in [2.75, 3.05) is 0 Å². The van der Waals surface area contributed by atoms with Gasteiger partial charge in [0.25, 0.3) is 5.91 Å². The summed E-state index contributed by atoms with van der Waals surface area (Å²) in [6.45, 7) is 3.15. The van der Waals surface area contributed by atoms with Crippen molar-refractivity contribution in [2.24, 2.45) is 22.1 Å². The molecule has 5 N–H and O–H groups in total. The summed E-state index contributed by atoms with van der Waals surface area (Å²) in [6.07, 6.45) is 0.353. The van der Waals surface area contributed by atoms with Gasteiger partial charge in [0.2, 0.25) is 5.91 Å². The van der Waals surface area contributed by atoms with Crippen LogP contribution in [0.25, 0.3) is 0 Å². The number of hydrogen-bond acceptors (Lipinski definition) is 5. The molecule has 0 aromatic heterocycles. The van der Waals surface area contributed by atoms with E-state index in [1.807, 2.05) is 5.87 Å². The van der Waals surface area contributed by atoms with Gasteiger partial charge in [0, 0.05) is 5.92 Å². The highest BCUT2D eigenvalue weighted by Gasteiger charge is 2.68. The smallest absolute Gasteiger partial charge is 0.269 e. The molecule has 1 spiro atoms. The molecule has 0 bridgehead atoms. The van der Waals surface area contributed by atoms with E-state index < -0.39 is 28.9 Å². The first-order valence-corrected chi connectivity index (χ1v) is 5.56. The molecular weight excluding hydrogens is 236 g/mol. The molecule has 1 saturated heterocycles. The number of nitrogens with two attached hydrogens (primary N) is 1. The van der Waals surface area contributed by atoms with E-state index in [-0.39, 0.29) is 11.4 Å². The number of nitrogens with zero attached hydrogens (tertiary/aromatic N) is 1. The maximum Gasteiger partial charge on any atom is 0.269 e. The second-order valence-corrected chi connectivity index (χ2v) is 4.67. The first kappa shape index (κ1) is 12.5. The van der Waals surface area contributed by atoms with Gasteiger partial charge in [-0.2, -0.15) is 4.99 Å². The predicted octanol–water partition coefficient (Wildman–Crippen LogP) is -1.09. The van der Waals surface area contributed by atoms with Crippen LogP contribution in [0.1, 0.15) is 20.3 Å². The summed E-state index contributed by atoms with van der Waals surface area (Å²) in [5.74, 6) is -0.302. The summed E-state index contributed by atoms with van der Waals surface area (Å²) < 4.78 is 0. The van der Waals surface area contributed by atoms with Crippen LogP contribution in [0.3, 0.4) is 0 Å². The molecule has 2 heterocycles. The van der Waals surface area contributed by atoms with Crippen LogP contribution in [0.5, 0.6) is 0 Å². The molecular formula is C11H14N4O3. The zero-order chi connectivity index (χ0) is 13.7. The zero-order valence-corrected chi connectivity index (χ0v) is 10.1. The Bertz CT molecular complexity index is 530. The van der Waals surface area contributed by atoms with Crippen molar-refractivity contribution in [2.45, 2.75) is 26.0 Å². The Balaban J connectivity index is 2.71. The molecule has 2 aliphatic rings. The molecule has 7 heteroatoms. The highest BCUT2D eigenvalue weighted by Crippen LogP contribution is 2.50. The van der Waals surface area contributed by atoms with Gasteiger partial charge in [-0.1, -0.05) is 6.92 Å². The third-order valence-electron chi connectivity index (χ3n) is 3.67. The second kappa shape index (κ2) is 3.51. The summed E-state index contributed by atoms with van der Waals surface area (Å²) in [6, 6.07) is 0. The predicted molar refractivity (Wildman–Crippen MR) is 62.8 cm³/mol. The number of aliphatic hydroxyl groups is 1. The van der Waals surface area contributed by atoms with Crippen molar-refractivity contribution >= 4 is 23.5 Å². The molecule has 0 aromatic carbocycles. The molecule has 7 nitrogen and oxygen atoms in total. The molecule has 96 valence electrons. The molecule has 2 aliphatic heterocycles. The fraction of sp³-hybridized carbons (Fsp3) is 0.545. The van der Waals surface area contributed by atoms with Gasteiger partial charge >= 0.3 is 0 Å². The molecule has 0 saturated carbocycles. The van der Waals surface area contributed by atoms with Crippen LogP contribution >= 0.6 is 0 Å². The summed E-state index contributed by atoms with van der Waals surface area (Å²) >= 11 is 0. The Morgan fingerprint density at radius 2 is 2.22 bits per heavy atom. The van der Waals surface area contributed by atoms with E-state index >= 15 is 0 Å². The number of carbonyl (C=O) groups is 2. The summed E-state index contributed by atoms with van der Waals surface area (Å²) in [5.41, 5.74) is 2.25. The van der Waals surface area contributed by atoms with E-state index in [1.165, 1.54) is 6.92 Å². The SMILES string of the molecule is CCC1C(C)(O)NC(=O)C12C(=O)N=C(N)C2=C=N. The van der Waals surface area contributed by atoms with Crippen molar-refractivity contribution in [3.8, 4) is 0 Å². The first-order chi connectivity index (χ1) is 8.32. The topological polar surface area (TPSA) is 129 Å². The molecule has 0 aromatic rings. The highest BCUT2D eigenvalue weighted by molar-refractivity contribution is 6.29. The minimum atomic E-state index is -1.70. The minimum Gasteiger partial charge on any atom is -0.383 e. The Hall–Kier alpha value is -1.98. The molecule has 1 fully saturated rings. The Morgan fingerprint density at radius 1 is 1.61 bits per heavy atom. The molecule has 2 rings (SSSR count). The van der Waals surface area contributed by atoms with Crippen LogP contribution in [0.2, 0.25) is 0 Å². The fourth-order valence-electron chi connectivity index (χ4n) is 2.96. The maximum atomic E-state index is 12.1. The molecule has 0 radical (unpaired) electrons. The van der Waals surface area contributed by atoms with Crippen LogP contribution < -0.4 is 11.1 Å². The quantitative estimate of drug-likeness (QED) is 0.348. The van der Waals surface area contributed by atoms with E-state index in [2.05, 4.69) is 10.3 Å². The van der Waals surface area contributed by atoms with Crippen LogP contribution in [-0.4, -0.2) is 34.4 Å². The average Bonchev–Trinajstić information content (AvgIpc) is 2.61. The van der Waals surface area contributed by atoms with Crippen molar-refractivity contribution in [3.05, 3.63) is 5.57 Å². The summed E-state index contributed by atoms with van der Waals surface area (Å²) in [4.78, 5) is 27.8. The number of amidine groups is 1. The van der Waals surface area contributed by atoms with Crippen molar-refractivity contribution in [1.82, 2.24) is 5.32 Å². The Labute approximate surface area is 103 Å². The standard InChI is InChI=1S/C11H14N4O3/c1-3-6-10(2,18)15-9(17)11(6)5(4-12)7(13)14-8(11)16/h6,12,18H,3H2,1-2H3,(H,15,17)(H2,13,14,16). The lowest BCUT2D eigenvalue weighted by atomic mass is 9.68. The minimum absolute atomic E-state index is 0.0605. The normalized spacial score (nSPS) is 38.9. The van der Waals surface area contributed by atoms with Crippen LogP contribution in [0.15, 0.2) is 10.6 Å². The fourth-order valence-corrected chi connectivity index (χ4v) is 2.96. The number of aliphatic imine (C=N–C) groups is 1. The van der Waals surface area contributed by atoms with Crippen molar-refractivity contribution in [3.63, 3.8) is 0 Å². The molecule has 18 heavy (non-hydrogen) atoms. The van der Waals surface area contributed by atoms with E-state index in [1.54, 1.807) is 6.92 Å². The Kier molecular flexibility index (Phi) is 2.43. The van der Waals surface area contributed by atoms with E-state index in [0.29, 0.717) is 6.42 Å². The monoisotopic (exact) mass is 250 g/mol. The zero-order valence-electron chi connectivity index (χ0n) is 10.1. The maximum absolute atomic E-state index is 12.1. The number of nitrogens with one attached hydrogen (secondary N) is 2. The van der Waals surface area contributed by atoms with Gasteiger partial charge in [-0.05, 0) is 19.2 Å². The highest BCUT2D eigenvalue weighted by atomic mass is 16.3. The van der Waals surface area contributed by atoms with Crippen molar-refractivity contribution < 1.29 is 14.7 Å². The molecule has 3 unspecified atom stereocenters. The van der Waals surface area contributed by atoms with E-state index in [9.17, 15) is 14.7 Å². The number of hydrogen-bond donors (Lipinski definition) is 4. The Morgan fingerprint density at radius 3 is 2.72 bits per heavy atom. The van der Waals surface area contributed by atoms with Gasteiger partial charge in [0.05, 0.1) is 5.57 Å². The number of rotatable bonds is 1. The van der Waals surface area contributed by atoms with Crippen LogP contribution in [0.4, 0.5) is 0 Å². The number of amides is 2. The van der Waals surface area contributed by atoms with Gasteiger partial charge in [0.15, 0.2) is 5.41 Å². The summed E-state index contributed by atoms with van der Waals surface area (Å²) in [5, 5.41) is 19.8. The third-order valence-corrected chi connectivity index (χ3v) is 3.67. The van der Waals surface area contributed by atoms with Crippen LogP contribution in [0, 0.1) is 16.7 Å². The van der Waals surface area contributed by atoms with Gasteiger partial charge in [-0.3, -0.25) is 15.0 Å². The summed E-state index contributed by atoms with van der Waals surface area (Å²) in [7, 11) is 0. The van der Waals surface area contributed by atoms with E-state index in [0.717, 1.165) is 0 Å². The lowest BCUT2D eigenvalue weighted by Crippen LogP contribution is -2.45. The molecule has 3 atom stereocenters. The number of carbonyl (C=O) groups excluding carboxylic acids is 2. The third kappa shape index (κ3) is 1.17. The van der Waals surface area contributed by atoms with Gasteiger partial charge in [-0.25, -0.2) is 0 Å². The van der Waals surface area contributed by atoms with Crippen LogP contribution in [-0.2, 0) is 9.59 Å². The van der Waals surface area contributed by atoms with Gasteiger partial charge < -0.3 is 16.2 Å². The van der Waals surface area contributed by atoms with E-state index in [4.69, 9.17) is 11.1 Å². The van der Waals surface area contributed by atoms with Crippen molar-refractivity contribution in [1.29, 1.82) is 5.41 Å². The van der Waals surface area contributed by atoms with Gasteiger partial charge in [0.1, 0.15) is 11.6 Å².